The Morgan fingerprint density at radius 2 is 2.04 bits per heavy atom. The summed E-state index contributed by atoms with van der Waals surface area (Å²) >= 11 is 3.47. The Kier molecular flexibility index (Phi) is 5.05. The van der Waals surface area contributed by atoms with Crippen LogP contribution in [-0.4, -0.2) is 22.5 Å². The van der Waals surface area contributed by atoms with Crippen molar-refractivity contribution in [2.75, 3.05) is 11.9 Å². The summed E-state index contributed by atoms with van der Waals surface area (Å²) in [4.78, 5) is 20.7. The van der Waals surface area contributed by atoms with E-state index in [1.165, 1.54) is 0 Å². The van der Waals surface area contributed by atoms with Gasteiger partial charge in [0, 0.05) is 35.0 Å². The third-order valence-electron chi connectivity index (χ3n) is 3.54. The van der Waals surface area contributed by atoms with Crippen LogP contribution in [0.2, 0.25) is 0 Å². The van der Waals surface area contributed by atoms with Gasteiger partial charge in [-0.1, -0.05) is 15.9 Å². The molecule has 122 valence electrons. The maximum atomic E-state index is 12.3. The third-order valence-corrected chi connectivity index (χ3v) is 4.04. The number of nitrogens with one attached hydrogen (secondary N) is 1. The predicted molar refractivity (Wildman–Crippen MR) is 97.0 cm³/mol. The minimum Gasteiger partial charge on any atom is -0.462 e. The summed E-state index contributed by atoms with van der Waals surface area (Å²) in [6.45, 7) is 2.67. The number of rotatable bonds is 5. The lowest BCUT2D eigenvalue weighted by Crippen LogP contribution is -2.11. The smallest absolute Gasteiger partial charge is 0.341 e. The van der Waals surface area contributed by atoms with Gasteiger partial charge in [-0.3, -0.25) is 9.97 Å². The van der Waals surface area contributed by atoms with Gasteiger partial charge in [0.25, 0.3) is 0 Å². The largest absolute Gasteiger partial charge is 0.462 e. The molecule has 0 saturated heterocycles. The first-order chi connectivity index (χ1) is 11.7. The van der Waals surface area contributed by atoms with Crippen molar-refractivity contribution in [1.29, 1.82) is 0 Å². The van der Waals surface area contributed by atoms with Crippen LogP contribution in [0.1, 0.15) is 22.8 Å². The molecule has 2 aromatic heterocycles. The fourth-order valence-electron chi connectivity index (χ4n) is 2.41. The molecular formula is C18H16BrN3O2. The molecule has 0 spiro atoms. The second-order valence-corrected chi connectivity index (χ2v) is 6.05. The van der Waals surface area contributed by atoms with Crippen LogP contribution in [0, 0.1) is 0 Å². The van der Waals surface area contributed by atoms with Crippen LogP contribution in [0.3, 0.4) is 0 Å². The Bertz CT molecular complexity index is 869. The lowest BCUT2D eigenvalue weighted by atomic mass is 10.1. The van der Waals surface area contributed by atoms with Gasteiger partial charge in [-0.15, -0.1) is 0 Å². The Morgan fingerprint density at radius 1 is 1.25 bits per heavy atom. The molecule has 0 atom stereocenters. The molecule has 2 heterocycles. The lowest BCUT2D eigenvalue weighted by molar-refractivity contribution is 0.0527. The van der Waals surface area contributed by atoms with Crippen molar-refractivity contribution in [2.24, 2.45) is 0 Å². The molecule has 0 aliphatic rings. The van der Waals surface area contributed by atoms with E-state index in [2.05, 4.69) is 31.2 Å². The van der Waals surface area contributed by atoms with Crippen LogP contribution in [0.5, 0.6) is 0 Å². The summed E-state index contributed by atoms with van der Waals surface area (Å²) in [7, 11) is 0. The number of nitrogens with zero attached hydrogens (tertiary/aromatic N) is 2. The number of hydrogen-bond donors (Lipinski definition) is 1. The Morgan fingerprint density at radius 3 is 2.79 bits per heavy atom. The molecule has 0 amide bonds. The minimum atomic E-state index is -0.385. The number of esters is 1. The zero-order valence-corrected chi connectivity index (χ0v) is 14.7. The Labute approximate surface area is 148 Å². The van der Waals surface area contributed by atoms with Crippen LogP contribution in [-0.2, 0) is 11.3 Å². The maximum absolute atomic E-state index is 12.3. The number of carbonyl (C=O) groups excluding carboxylic acids is 1. The van der Waals surface area contributed by atoms with Gasteiger partial charge >= 0.3 is 5.97 Å². The lowest BCUT2D eigenvalue weighted by Gasteiger charge is -2.14. The first-order valence-electron chi connectivity index (χ1n) is 7.57. The van der Waals surface area contributed by atoms with E-state index in [0.717, 1.165) is 26.6 Å². The van der Waals surface area contributed by atoms with Crippen molar-refractivity contribution < 1.29 is 9.53 Å². The highest BCUT2D eigenvalue weighted by molar-refractivity contribution is 9.10. The molecule has 0 aliphatic heterocycles. The fraction of sp³-hybridized carbons (Fsp3) is 0.167. The number of hydrogen-bond acceptors (Lipinski definition) is 5. The molecule has 24 heavy (non-hydrogen) atoms. The molecule has 0 aliphatic carbocycles. The molecule has 0 unspecified atom stereocenters. The average Bonchev–Trinajstić information content (AvgIpc) is 2.60. The summed E-state index contributed by atoms with van der Waals surface area (Å²) < 4.78 is 6.08. The fourth-order valence-corrected chi connectivity index (χ4v) is 2.77. The molecule has 0 radical (unpaired) electrons. The van der Waals surface area contributed by atoms with E-state index in [4.69, 9.17) is 4.74 Å². The molecule has 6 heteroatoms. The van der Waals surface area contributed by atoms with Crippen molar-refractivity contribution in [2.45, 2.75) is 13.5 Å². The predicted octanol–water partition coefficient (Wildman–Crippen LogP) is 4.18. The highest BCUT2D eigenvalue weighted by Crippen LogP contribution is 2.29. The average molecular weight is 386 g/mol. The first-order valence-corrected chi connectivity index (χ1v) is 8.36. The molecule has 3 aromatic rings. The zero-order chi connectivity index (χ0) is 16.9. The van der Waals surface area contributed by atoms with E-state index in [1.54, 1.807) is 25.5 Å². The third kappa shape index (κ3) is 3.54. The van der Waals surface area contributed by atoms with E-state index in [-0.39, 0.29) is 5.97 Å². The highest BCUT2D eigenvalue weighted by Gasteiger charge is 2.16. The second-order valence-electron chi connectivity index (χ2n) is 5.14. The van der Waals surface area contributed by atoms with E-state index < -0.39 is 0 Å². The van der Waals surface area contributed by atoms with Crippen molar-refractivity contribution in [1.82, 2.24) is 9.97 Å². The molecule has 1 N–H and O–H groups in total. The Balaban J connectivity index is 2.04. The number of aromatic nitrogens is 2. The van der Waals surface area contributed by atoms with Gasteiger partial charge in [0.1, 0.15) is 5.56 Å². The SMILES string of the molecule is CCOC(=O)c1cnc2ccc(Br)cc2c1NCc1ccncc1. The van der Waals surface area contributed by atoms with Gasteiger partial charge in [-0.2, -0.15) is 0 Å². The first kappa shape index (κ1) is 16.4. The van der Waals surface area contributed by atoms with Crippen LogP contribution >= 0.6 is 15.9 Å². The molecule has 0 saturated carbocycles. The maximum Gasteiger partial charge on any atom is 0.341 e. The van der Waals surface area contributed by atoms with Crippen molar-refractivity contribution in [3.63, 3.8) is 0 Å². The van der Waals surface area contributed by atoms with Crippen LogP contribution in [0.25, 0.3) is 10.9 Å². The summed E-state index contributed by atoms with van der Waals surface area (Å²) in [6, 6.07) is 9.63. The van der Waals surface area contributed by atoms with E-state index >= 15 is 0 Å². The van der Waals surface area contributed by atoms with Crippen molar-refractivity contribution in [3.05, 3.63) is 64.5 Å². The highest BCUT2D eigenvalue weighted by atomic mass is 79.9. The summed E-state index contributed by atoms with van der Waals surface area (Å²) in [5.41, 5.74) is 3.02. The van der Waals surface area contributed by atoms with E-state index in [1.807, 2.05) is 30.3 Å². The van der Waals surface area contributed by atoms with Crippen LogP contribution < -0.4 is 5.32 Å². The minimum absolute atomic E-state index is 0.319. The molecule has 1 aromatic carbocycles. The van der Waals surface area contributed by atoms with Crippen molar-refractivity contribution in [3.8, 4) is 0 Å². The molecule has 3 rings (SSSR count). The number of halogens is 1. The number of anilines is 1. The monoisotopic (exact) mass is 385 g/mol. The summed E-state index contributed by atoms with van der Waals surface area (Å²) in [5, 5.41) is 4.21. The molecule has 5 nitrogen and oxygen atoms in total. The zero-order valence-electron chi connectivity index (χ0n) is 13.1. The number of ether oxygens (including phenoxy) is 1. The van der Waals surface area contributed by atoms with Gasteiger partial charge in [-0.05, 0) is 42.8 Å². The molecular weight excluding hydrogens is 370 g/mol. The van der Waals surface area contributed by atoms with Gasteiger partial charge < -0.3 is 10.1 Å². The van der Waals surface area contributed by atoms with Gasteiger partial charge in [0.2, 0.25) is 0 Å². The number of benzene rings is 1. The molecule has 0 bridgehead atoms. The Hall–Kier alpha value is -2.47. The quantitative estimate of drug-likeness (QED) is 0.667. The van der Waals surface area contributed by atoms with Gasteiger partial charge in [0.05, 0.1) is 17.8 Å². The topological polar surface area (TPSA) is 64.1 Å². The van der Waals surface area contributed by atoms with E-state index in [9.17, 15) is 4.79 Å². The summed E-state index contributed by atoms with van der Waals surface area (Å²) in [5.74, 6) is -0.385. The number of carbonyl (C=O) groups is 1. The van der Waals surface area contributed by atoms with Crippen LogP contribution in [0.15, 0.2) is 53.4 Å². The number of pyridine rings is 2. The van der Waals surface area contributed by atoms with Gasteiger partial charge in [-0.25, -0.2) is 4.79 Å². The summed E-state index contributed by atoms with van der Waals surface area (Å²) in [6.07, 6.45) is 5.04. The molecule has 0 fully saturated rings. The van der Waals surface area contributed by atoms with E-state index in [0.29, 0.717) is 18.7 Å². The number of fused-ring (bicyclic) bond motifs is 1. The standard InChI is InChI=1S/C18H16BrN3O2/c1-2-24-18(23)15-11-21-16-4-3-13(19)9-14(16)17(15)22-10-12-5-7-20-8-6-12/h3-9,11H,2,10H2,1H3,(H,21,22). The van der Waals surface area contributed by atoms with Crippen molar-refractivity contribution >= 4 is 38.5 Å². The van der Waals surface area contributed by atoms with Gasteiger partial charge in [0.15, 0.2) is 0 Å². The second kappa shape index (κ2) is 7.40. The normalized spacial score (nSPS) is 10.6. The van der Waals surface area contributed by atoms with Crippen LogP contribution in [0.4, 0.5) is 5.69 Å².